The zero-order chi connectivity index (χ0) is 18.3. The molecule has 0 amide bonds. The van der Waals surface area contributed by atoms with E-state index in [-0.39, 0.29) is 18.5 Å². The van der Waals surface area contributed by atoms with Gasteiger partial charge >= 0.3 is 11.9 Å². The molecule has 1 aromatic rings. The molecule has 0 radical (unpaired) electrons. The summed E-state index contributed by atoms with van der Waals surface area (Å²) in [4.78, 5) is 26.3. The van der Waals surface area contributed by atoms with Gasteiger partial charge in [-0.1, -0.05) is 37.3 Å². The van der Waals surface area contributed by atoms with Crippen LogP contribution >= 0.6 is 0 Å². The summed E-state index contributed by atoms with van der Waals surface area (Å²) in [5.41, 5.74) is 0.378. The lowest BCUT2D eigenvalue weighted by molar-refractivity contribution is -0.164. The van der Waals surface area contributed by atoms with Crippen LogP contribution in [0.25, 0.3) is 0 Å². The average molecular weight is 335 g/mol. The smallest absolute Gasteiger partial charge is 0.323 e. The van der Waals surface area contributed by atoms with Crippen molar-refractivity contribution >= 4 is 11.9 Å². The van der Waals surface area contributed by atoms with Gasteiger partial charge in [-0.05, 0) is 46.7 Å². The number of ether oxygens (including phenoxy) is 2. The molecular weight excluding hydrogens is 306 g/mol. The summed E-state index contributed by atoms with van der Waals surface area (Å²) in [6, 6.07) is 8.47. The molecule has 0 saturated heterocycles. The molecule has 0 heterocycles. The number of nitrogens with zero attached hydrogens (tertiary/aromatic N) is 1. The zero-order valence-electron chi connectivity index (χ0n) is 15.5. The molecule has 1 aromatic carbocycles. The minimum atomic E-state index is -0.554. The Morgan fingerprint density at radius 2 is 1.58 bits per heavy atom. The Morgan fingerprint density at radius 1 is 1.04 bits per heavy atom. The van der Waals surface area contributed by atoms with E-state index >= 15 is 0 Å². The van der Waals surface area contributed by atoms with Gasteiger partial charge in [0.2, 0.25) is 0 Å². The van der Waals surface area contributed by atoms with E-state index in [2.05, 4.69) is 0 Å². The van der Waals surface area contributed by atoms with Gasteiger partial charge in [0.05, 0.1) is 0 Å². The van der Waals surface area contributed by atoms with Crippen molar-refractivity contribution in [2.24, 2.45) is 0 Å². The largest absolute Gasteiger partial charge is 0.460 e. The van der Waals surface area contributed by atoms with Crippen LogP contribution in [0.2, 0.25) is 0 Å². The summed E-state index contributed by atoms with van der Waals surface area (Å²) in [5, 5.41) is 0. The van der Waals surface area contributed by atoms with Crippen LogP contribution in [0.5, 0.6) is 0 Å². The second-order valence-electron chi connectivity index (χ2n) is 6.81. The lowest BCUT2D eigenvalue weighted by atomic mass is 10.1. The summed E-state index contributed by atoms with van der Waals surface area (Å²) in [7, 11) is 0. The molecule has 24 heavy (non-hydrogen) atoms. The Bertz CT molecular complexity index is 536. The van der Waals surface area contributed by atoms with E-state index in [4.69, 9.17) is 9.47 Å². The van der Waals surface area contributed by atoms with E-state index in [0.717, 1.165) is 5.56 Å². The van der Waals surface area contributed by atoms with Gasteiger partial charge in [-0.2, -0.15) is 0 Å². The second-order valence-corrected chi connectivity index (χ2v) is 6.81. The lowest BCUT2D eigenvalue weighted by Gasteiger charge is -2.32. The molecule has 0 aliphatic carbocycles. The maximum Gasteiger partial charge on any atom is 0.323 e. The monoisotopic (exact) mass is 335 g/mol. The lowest BCUT2D eigenvalue weighted by Crippen LogP contribution is -2.50. The first-order chi connectivity index (χ1) is 11.2. The number of rotatable bonds is 7. The molecule has 1 rings (SSSR count). The highest BCUT2D eigenvalue weighted by Gasteiger charge is 2.32. The minimum Gasteiger partial charge on any atom is -0.460 e. The van der Waals surface area contributed by atoms with Crippen LogP contribution in [0.1, 0.15) is 47.1 Å². The van der Waals surface area contributed by atoms with Gasteiger partial charge in [0.1, 0.15) is 24.3 Å². The minimum absolute atomic E-state index is 0.225. The van der Waals surface area contributed by atoms with Crippen LogP contribution in [-0.4, -0.2) is 41.1 Å². The molecule has 5 nitrogen and oxygen atoms in total. The van der Waals surface area contributed by atoms with Crippen molar-refractivity contribution in [3.05, 3.63) is 35.9 Å². The van der Waals surface area contributed by atoms with Crippen LogP contribution in [-0.2, 0) is 25.7 Å². The molecule has 0 spiro atoms. The van der Waals surface area contributed by atoms with Crippen LogP contribution in [0.3, 0.4) is 0 Å². The number of esters is 2. The maximum atomic E-state index is 12.3. The van der Waals surface area contributed by atoms with Gasteiger partial charge in [-0.3, -0.25) is 14.5 Å². The van der Waals surface area contributed by atoms with Gasteiger partial charge in [0.25, 0.3) is 0 Å². The number of benzene rings is 1. The fraction of sp³-hybridized carbons (Fsp3) is 0.579. The van der Waals surface area contributed by atoms with Gasteiger partial charge in [-0.15, -0.1) is 0 Å². The molecule has 1 unspecified atom stereocenters. The van der Waals surface area contributed by atoms with E-state index in [1.165, 1.54) is 0 Å². The van der Waals surface area contributed by atoms with Crippen LogP contribution in [0, 0.1) is 0 Å². The van der Waals surface area contributed by atoms with Crippen molar-refractivity contribution < 1.29 is 19.1 Å². The van der Waals surface area contributed by atoms with Crippen molar-refractivity contribution in [2.45, 2.75) is 65.8 Å². The van der Waals surface area contributed by atoms with Crippen LogP contribution in [0.4, 0.5) is 0 Å². The molecule has 0 aliphatic rings. The first kappa shape index (κ1) is 20.2. The standard InChI is InChI=1S/C19H29NO4/c1-7-20(15(3)18(22)24-19(4,5)6)14(2)17(21)23-13-16-11-9-8-10-12-16/h8-12,14-15H,7,13H2,1-6H3/t14-,15?/m0/s1. The Hall–Kier alpha value is -1.88. The molecule has 0 aliphatic heterocycles. The van der Waals surface area contributed by atoms with Crippen molar-refractivity contribution in [1.82, 2.24) is 4.90 Å². The van der Waals surface area contributed by atoms with E-state index < -0.39 is 17.7 Å². The van der Waals surface area contributed by atoms with Gasteiger partial charge in [0.15, 0.2) is 0 Å². The zero-order valence-corrected chi connectivity index (χ0v) is 15.5. The van der Waals surface area contributed by atoms with Gasteiger partial charge in [0, 0.05) is 0 Å². The number of carbonyl (C=O) groups excluding carboxylic acids is 2. The summed E-state index contributed by atoms with van der Waals surface area (Å²) in [6.45, 7) is 11.6. The summed E-state index contributed by atoms with van der Waals surface area (Å²) in [6.07, 6.45) is 0. The van der Waals surface area contributed by atoms with Crippen LogP contribution < -0.4 is 0 Å². The second kappa shape index (κ2) is 8.83. The molecule has 0 N–H and O–H groups in total. The third kappa shape index (κ3) is 6.32. The number of hydrogen-bond acceptors (Lipinski definition) is 5. The van der Waals surface area contributed by atoms with Crippen molar-refractivity contribution in [2.75, 3.05) is 6.54 Å². The molecular formula is C19H29NO4. The predicted molar refractivity (Wildman–Crippen MR) is 93.4 cm³/mol. The highest BCUT2D eigenvalue weighted by molar-refractivity contribution is 5.79. The molecule has 2 atom stereocenters. The molecule has 0 saturated carbocycles. The number of carbonyl (C=O) groups is 2. The Kier molecular flexibility index (Phi) is 7.42. The third-order valence-electron chi connectivity index (χ3n) is 3.67. The quantitative estimate of drug-likeness (QED) is 0.716. The predicted octanol–water partition coefficient (Wildman–Crippen LogP) is 3.17. The Balaban J connectivity index is 2.65. The fourth-order valence-electron chi connectivity index (χ4n) is 2.39. The summed E-state index contributed by atoms with van der Waals surface area (Å²) >= 11 is 0. The Morgan fingerprint density at radius 3 is 2.08 bits per heavy atom. The Labute approximate surface area is 144 Å². The first-order valence-corrected chi connectivity index (χ1v) is 8.35. The molecule has 0 fully saturated rings. The highest BCUT2D eigenvalue weighted by Crippen LogP contribution is 2.14. The van der Waals surface area contributed by atoms with Gasteiger partial charge in [-0.25, -0.2) is 0 Å². The highest BCUT2D eigenvalue weighted by atomic mass is 16.6. The van der Waals surface area contributed by atoms with E-state index in [1.807, 2.05) is 58.0 Å². The average Bonchev–Trinajstić information content (AvgIpc) is 2.52. The molecule has 0 bridgehead atoms. The number of likely N-dealkylation sites (N-methyl/N-ethyl adjacent to an activating group) is 1. The molecule has 5 heteroatoms. The van der Waals surface area contributed by atoms with Crippen molar-refractivity contribution in [1.29, 1.82) is 0 Å². The number of hydrogen-bond donors (Lipinski definition) is 0. The third-order valence-corrected chi connectivity index (χ3v) is 3.67. The SMILES string of the molecule is CCN(C(C)C(=O)OC(C)(C)C)[C@@H](C)C(=O)OCc1ccccc1. The van der Waals surface area contributed by atoms with Crippen LogP contribution in [0.15, 0.2) is 30.3 Å². The molecule has 0 aromatic heterocycles. The van der Waals surface area contributed by atoms with E-state index in [0.29, 0.717) is 6.54 Å². The molecule has 134 valence electrons. The van der Waals surface area contributed by atoms with Gasteiger partial charge < -0.3 is 9.47 Å². The normalized spacial score (nSPS) is 14.1. The fourth-order valence-corrected chi connectivity index (χ4v) is 2.39. The summed E-state index contributed by atoms with van der Waals surface area (Å²) < 4.78 is 10.8. The van der Waals surface area contributed by atoms with Crippen molar-refractivity contribution in [3.8, 4) is 0 Å². The van der Waals surface area contributed by atoms with E-state index in [9.17, 15) is 9.59 Å². The first-order valence-electron chi connectivity index (χ1n) is 8.35. The maximum absolute atomic E-state index is 12.3. The topological polar surface area (TPSA) is 55.8 Å². The summed E-state index contributed by atoms with van der Waals surface area (Å²) in [5.74, 6) is -0.692. The van der Waals surface area contributed by atoms with Crippen molar-refractivity contribution in [3.63, 3.8) is 0 Å². The van der Waals surface area contributed by atoms with E-state index in [1.54, 1.807) is 18.7 Å².